The lowest BCUT2D eigenvalue weighted by molar-refractivity contribution is 0.635. The van der Waals surface area contributed by atoms with Crippen LogP contribution in [0.4, 0.5) is 0 Å². The average molecular weight is 296 g/mol. The van der Waals surface area contributed by atoms with Gasteiger partial charge in [-0.1, -0.05) is 0 Å². The van der Waals surface area contributed by atoms with Crippen LogP contribution in [0.1, 0.15) is 0 Å². The van der Waals surface area contributed by atoms with Crippen LogP contribution in [-0.4, -0.2) is 14.5 Å². The predicted octanol–water partition coefficient (Wildman–Crippen LogP) is 1.13. The molecule has 0 unspecified atom stereocenters. The molecule has 0 aliphatic carbocycles. The molecule has 0 aliphatic heterocycles. The third-order valence-electron chi connectivity index (χ3n) is 2.55. The number of nitrogens with zero attached hydrogens (tertiary/aromatic N) is 2. The molecule has 0 radical (unpaired) electrons. The number of furan rings is 1. The number of pyridine rings is 1. The molecule has 0 aromatic carbocycles. The molecule has 0 saturated heterocycles. The Kier molecular flexibility index (Phi) is 1.99. The number of H-pyrrole nitrogens is 1. The molecule has 0 atom stereocenters. The van der Waals surface area contributed by atoms with Gasteiger partial charge in [0.25, 0.3) is 5.56 Å². The number of halogens is 1. The molecule has 0 amide bonds. The van der Waals surface area contributed by atoms with Gasteiger partial charge < -0.3 is 9.40 Å². The molecule has 3 aromatic heterocycles. The highest BCUT2D eigenvalue weighted by Gasteiger charge is 2.14. The Hall–Kier alpha value is -1.89. The van der Waals surface area contributed by atoms with Gasteiger partial charge >= 0.3 is 5.69 Å². The van der Waals surface area contributed by atoms with Gasteiger partial charge in [0.2, 0.25) is 11.3 Å². The summed E-state index contributed by atoms with van der Waals surface area (Å²) in [5, 5.41) is 0.601. The van der Waals surface area contributed by atoms with E-state index < -0.39 is 11.2 Å². The summed E-state index contributed by atoms with van der Waals surface area (Å²) >= 11 is 3.27. The minimum atomic E-state index is -0.481. The Morgan fingerprint density at radius 2 is 2.24 bits per heavy atom. The van der Waals surface area contributed by atoms with Gasteiger partial charge in [-0.2, -0.15) is 0 Å². The van der Waals surface area contributed by atoms with E-state index in [0.717, 1.165) is 9.04 Å². The SMILES string of the molecule is Cn1c(=O)[nH]c2c(oc3ncc(Br)cc32)c1=O. The smallest absolute Gasteiger partial charge is 0.328 e. The Morgan fingerprint density at radius 3 is 3.00 bits per heavy atom. The number of nitrogens with one attached hydrogen (secondary N) is 1. The first-order valence-electron chi connectivity index (χ1n) is 4.75. The summed E-state index contributed by atoms with van der Waals surface area (Å²) in [7, 11) is 1.39. The summed E-state index contributed by atoms with van der Waals surface area (Å²) in [6.07, 6.45) is 1.56. The fraction of sp³-hybridized carbons (Fsp3) is 0.100. The number of aromatic nitrogens is 3. The predicted molar refractivity (Wildman–Crippen MR) is 65.1 cm³/mol. The van der Waals surface area contributed by atoms with E-state index in [1.165, 1.54) is 7.05 Å². The maximum absolute atomic E-state index is 11.8. The van der Waals surface area contributed by atoms with Crippen LogP contribution in [0.5, 0.6) is 0 Å². The normalized spacial score (nSPS) is 11.4. The molecule has 3 aromatic rings. The van der Waals surface area contributed by atoms with Crippen molar-refractivity contribution >= 4 is 38.1 Å². The maximum Gasteiger partial charge on any atom is 0.328 e. The van der Waals surface area contributed by atoms with Gasteiger partial charge in [-0.25, -0.2) is 9.78 Å². The van der Waals surface area contributed by atoms with Crippen LogP contribution in [0.15, 0.2) is 30.7 Å². The van der Waals surface area contributed by atoms with Crippen molar-refractivity contribution in [2.45, 2.75) is 0 Å². The van der Waals surface area contributed by atoms with Gasteiger partial charge in [0.05, 0.1) is 5.39 Å². The summed E-state index contributed by atoms with van der Waals surface area (Å²) in [5.41, 5.74) is -0.153. The molecule has 1 N–H and O–H groups in total. The van der Waals surface area contributed by atoms with Gasteiger partial charge in [0.15, 0.2) is 0 Å². The number of fused-ring (bicyclic) bond motifs is 3. The minimum Gasteiger partial charge on any atom is -0.430 e. The minimum absolute atomic E-state index is 0.104. The molecular formula is C10H6BrN3O3. The van der Waals surface area contributed by atoms with Crippen LogP contribution < -0.4 is 11.2 Å². The van der Waals surface area contributed by atoms with Gasteiger partial charge in [-0.05, 0) is 22.0 Å². The molecule has 0 spiro atoms. The van der Waals surface area contributed by atoms with Crippen molar-refractivity contribution < 1.29 is 4.42 Å². The van der Waals surface area contributed by atoms with E-state index in [0.29, 0.717) is 16.6 Å². The molecular weight excluding hydrogens is 290 g/mol. The first-order chi connectivity index (χ1) is 8.08. The van der Waals surface area contributed by atoms with Crippen LogP contribution in [0.25, 0.3) is 22.2 Å². The fourth-order valence-electron chi connectivity index (χ4n) is 1.67. The largest absolute Gasteiger partial charge is 0.430 e. The highest BCUT2D eigenvalue weighted by Crippen LogP contribution is 2.24. The van der Waals surface area contributed by atoms with Crippen LogP contribution in [0.3, 0.4) is 0 Å². The lowest BCUT2D eigenvalue weighted by atomic mass is 10.3. The molecule has 0 fully saturated rings. The highest BCUT2D eigenvalue weighted by molar-refractivity contribution is 9.10. The van der Waals surface area contributed by atoms with Crippen molar-refractivity contribution in [1.82, 2.24) is 14.5 Å². The quantitative estimate of drug-likeness (QED) is 0.674. The number of aromatic amines is 1. The van der Waals surface area contributed by atoms with Crippen molar-refractivity contribution in [2.75, 3.05) is 0 Å². The zero-order chi connectivity index (χ0) is 12.2. The second-order valence-corrected chi connectivity index (χ2v) is 4.52. The fourth-order valence-corrected chi connectivity index (χ4v) is 2.00. The van der Waals surface area contributed by atoms with Crippen LogP contribution in [-0.2, 0) is 7.05 Å². The average Bonchev–Trinajstić information content (AvgIpc) is 2.65. The number of hydrogen-bond donors (Lipinski definition) is 1. The van der Waals surface area contributed by atoms with E-state index >= 15 is 0 Å². The Balaban J connectivity index is 2.67. The molecule has 86 valence electrons. The monoisotopic (exact) mass is 295 g/mol. The molecule has 3 heterocycles. The first kappa shape index (κ1) is 10.3. The third kappa shape index (κ3) is 1.35. The molecule has 0 aliphatic rings. The van der Waals surface area contributed by atoms with Crippen LogP contribution >= 0.6 is 15.9 Å². The summed E-state index contributed by atoms with van der Waals surface area (Å²) in [4.78, 5) is 30.0. The lowest BCUT2D eigenvalue weighted by Gasteiger charge is -1.94. The van der Waals surface area contributed by atoms with Crippen molar-refractivity contribution in [3.63, 3.8) is 0 Å². The lowest BCUT2D eigenvalue weighted by Crippen LogP contribution is -2.31. The molecule has 7 heteroatoms. The first-order valence-corrected chi connectivity index (χ1v) is 5.54. The molecule has 17 heavy (non-hydrogen) atoms. The zero-order valence-corrected chi connectivity index (χ0v) is 10.2. The summed E-state index contributed by atoms with van der Waals surface area (Å²) < 4.78 is 7.04. The molecule has 0 saturated carbocycles. The van der Waals surface area contributed by atoms with E-state index in [1.54, 1.807) is 12.3 Å². The third-order valence-corrected chi connectivity index (χ3v) is 2.98. The zero-order valence-electron chi connectivity index (χ0n) is 8.65. The summed E-state index contributed by atoms with van der Waals surface area (Å²) in [5.74, 6) is 0. The summed E-state index contributed by atoms with van der Waals surface area (Å²) in [6, 6.07) is 1.74. The molecule has 0 bridgehead atoms. The van der Waals surface area contributed by atoms with E-state index in [4.69, 9.17) is 4.42 Å². The Labute approximate surface area is 102 Å². The Morgan fingerprint density at radius 1 is 1.47 bits per heavy atom. The highest BCUT2D eigenvalue weighted by atomic mass is 79.9. The van der Waals surface area contributed by atoms with Crippen molar-refractivity contribution in [2.24, 2.45) is 7.05 Å². The van der Waals surface area contributed by atoms with E-state index in [-0.39, 0.29) is 5.58 Å². The standard InChI is InChI=1S/C10H6BrN3O3/c1-14-9(15)7-6(13-10(14)16)5-2-4(11)3-12-8(5)17-7/h2-3H,1H3,(H,13,16). The van der Waals surface area contributed by atoms with Gasteiger partial charge in [-0.15, -0.1) is 0 Å². The topological polar surface area (TPSA) is 80.9 Å². The van der Waals surface area contributed by atoms with Gasteiger partial charge in [-0.3, -0.25) is 9.36 Å². The molecule has 3 rings (SSSR count). The van der Waals surface area contributed by atoms with Crippen molar-refractivity contribution in [3.05, 3.63) is 37.6 Å². The maximum atomic E-state index is 11.8. The van der Waals surface area contributed by atoms with Crippen molar-refractivity contribution in [3.8, 4) is 0 Å². The summed E-state index contributed by atoms with van der Waals surface area (Å²) in [6.45, 7) is 0. The van der Waals surface area contributed by atoms with Crippen LogP contribution in [0, 0.1) is 0 Å². The van der Waals surface area contributed by atoms with Crippen molar-refractivity contribution in [1.29, 1.82) is 0 Å². The number of rotatable bonds is 0. The second kappa shape index (κ2) is 3.30. The van der Waals surface area contributed by atoms with E-state index in [1.807, 2.05) is 0 Å². The van der Waals surface area contributed by atoms with Gasteiger partial charge in [0.1, 0.15) is 5.52 Å². The van der Waals surface area contributed by atoms with E-state index in [2.05, 4.69) is 25.9 Å². The second-order valence-electron chi connectivity index (χ2n) is 3.61. The van der Waals surface area contributed by atoms with Gasteiger partial charge in [0, 0.05) is 17.7 Å². The van der Waals surface area contributed by atoms with E-state index in [9.17, 15) is 9.59 Å². The molecule has 6 nitrogen and oxygen atoms in total. The Bertz CT molecular complexity index is 859. The van der Waals surface area contributed by atoms with Crippen LogP contribution in [0.2, 0.25) is 0 Å². The number of hydrogen-bond acceptors (Lipinski definition) is 4.